The lowest BCUT2D eigenvalue weighted by molar-refractivity contribution is 0.262. The molecule has 2 amide bonds. The predicted molar refractivity (Wildman–Crippen MR) is 133 cm³/mol. The first-order chi connectivity index (χ1) is 16.1. The molecule has 34 heavy (non-hydrogen) atoms. The van der Waals surface area contributed by atoms with Crippen LogP contribution in [0.25, 0.3) is 0 Å². The van der Waals surface area contributed by atoms with Gasteiger partial charge < -0.3 is 19.0 Å². The molecule has 9 nitrogen and oxygen atoms in total. The lowest BCUT2D eigenvalue weighted by Crippen LogP contribution is -2.21. The molecule has 2 N–H and O–H groups in total. The Morgan fingerprint density at radius 3 is 2.03 bits per heavy atom. The number of benzene rings is 2. The van der Waals surface area contributed by atoms with Gasteiger partial charge in [0.25, 0.3) is 0 Å². The van der Waals surface area contributed by atoms with Crippen molar-refractivity contribution in [1.29, 1.82) is 0 Å². The lowest BCUT2D eigenvalue weighted by atomic mass is 10.3. The summed E-state index contributed by atoms with van der Waals surface area (Å²) in [5.74, 6) is -0.118. The summed E-state index contributed by atoms with van der Waals surface area (Å²) in [7, 11) is -7.53. The number of carbonyl (C=O) groups excluding carboxylic acids is 1. The third-order valence-corrected chi connectivity index (χ3v) is 7.12. The second-order valence-electron chi connectivity index (χ2n) is 7.71. The zero-order valence-corrected chi connectivity index (χ0v) is 21.1. The number of nitrogens with one attached hydrogen (secondary N) is 2. The van der Waals surface area contributed by atoms with Crippen LogP contribution in [0, 0.1) is 0 Å². The smallest absolute Gasteiger partial charge is 0.323 e. The fraction of sp³-hybridized carbons (Fsp3) is 0.435. The Labute approximate surface area is 202 Å². The summed E-state index contributed by atoms with van der Waals surface area (Å²) >= 11 is 0. The number of carbonyl (C=O) groups is 1. The molecule has 0 radical (unpaired) electrons. The molecule has 0 aromatic heterocycles. The highest BCUT2D eigenvalue weighted by Gasteiger charge is 2.17. The molecule has 2 aromatic carbocycles. The molecular formula is C23H32N2O7S2. The average Bonchev–Trinajstić information content (AvgIpc) is 2.75. The van der Waals surface area contributed by atoms with Gasteiger partial charge in [-0.1, -0.05) is 57.7 Å². The van der Waals surface area contributed by atoms with Gasteiger partial charge in [0.1, 0.15) is 5.75 Å². The summed E-state index contributed by atoms with van der Waals surface area (Å²) in [6.45, 7) is 3.95. The molecule has 0 bridgehead atoms. The van der Waals surface area contributed by atoms with E-state index >= 15 is 0 Å². The molecule has 0 fully saturated rings. The summed E-state index contributed by atoms with van der Waals surface area (Å²) < 4.78 is 59.0. The van der Waals surface area contributed by atoms with Crippen molar-refractivity contribution < 1.29 is 30.0 Å². The van der Waals surface area contributed by atoms with Crippen LogP contribution in [0.2, 0.25) is 0 Å². The van der Waals surface area contributed by atoms with Crippen molar-refractivity contribution in [2.75, 3.05) is 22.1 Å². The minimum absolute atomic E-state index is 0.00408. The largest absolute Gasteiger partial charge is 0.382 e. The van der Waals surface area contributed by atoms with Gasteiger partial charge in [0.2, 0.25) is 0 Å². The van der Waals surface area contributed by atoms with Crippen LogP contribution in [0.4, 0.5) is 16.2 Å². The molecule has 0 saturated carbocycles. The summed E-state index contributed by atoms with van der Waals surface area (Å²) in [6, 6.07) is 11.5. The van der Waals surface area contributed by atoms with Crippen LogP contribution in [0.3, 0.4) is 0 Å². The van der Waals surface area contributed by atoms with E-state index in [1.54, 1.807) is 24.3 Å². The number of urea groups is 1. The van der Waals surface area contributed by atoms with Crippen LogP contribution in [0.15, 0.2) is 48.5 Å². The maximum Gasteiger partial charge on any atom is 0.323 e. The Kier molecular flexibility index (Phi) is 10.6. The Morgan fingerprint density at radius 1 is 0.765 bits per heavy atom. The predicted octanol–water partition coefficient (Wildman–Crippen LogP) is 5.13. The minimum atomic E-state index is -3.80. The van der Waals surface area contributed by atoms with E-state index in [1.807, 2.05) is 13.8 Å². The van der Waals surface area contributed by atoms with Crippen molar-refractivity contribution in [3.8, 4) is 11.5 Å². The lowest BCUT2D eigenvalue weighted by Gasteiger charge is -2.13. The van der Waals surface area contributed by atoms with Gasteiger partial charge >= 0.3 is 26.3 Å². The first-order valence-electron chi connectivity index (χ1n) is 11.3. The highest BCUT2D eigenvalue weighted by atomic mass is 32.2. The second-order valence-corrected chi connectivity index (χ2v) is 11.1. The van der Waals surface area contributed by atoms with Crippen LogP contribution in [-0.4, -0.2) is 34.4 Å². The summed E-state index contributed by atoms with van der Waals surface area (Å²) in [5, 5.41) is 5.12. The Morgan fingerprint density at radius 2 is 1.38 bits per heavy atom. The van der Waals surface area contributed by atoms with Crippen LogP contribution < -0.4 is 19.0 Å². The maximum absolute atomic E-state index is 12.5. The standard InChI is InChI=1S/C23H32N2O7S2/c1-3-5-9-16-33(27,28)31-20-13-11-12-19(18-20)24-23(26)25-21-14-7-8-15-22(21)32-34(29,30)17-10-6-4-2/h7-8,11-15,18H,3-6,9-10,16-17H2,1-2H3,(H2,24,25,26). The maximum atomic E-state index is 12.5. The molecule has 0 aliphatic carbocycles. The average molecular weight is 513 g/mol. The van der Waals surface area contributed by atoms with Crippen molar-refractivity contribution >= 4 is 37.6 Å². The summed E-state index contributed by atoms with van der Waals surface area (Å²) in [5.41, 5.74) is 0.467. The van der Waals surface area contributed by atoms with E-state index in [0.717, 1.165) is 25.7 Å². The molecule has 0 saturated heterocycles. The van der Waals surface area contributed by atoms with E-state index in [4.69, 9.17) is 8.37 Å². The molecular weight excluding hydrogens is 480 g/mol. The van der Waals surface area contributed by atoms with E-state index in [0.29, 0.717) is 18.5 Å². The van der Waals surface area contributed by atoms with Crippen molar-refractivity contribution in [3.05, 3.63) is 48.5 Å². The molecule has 0 aliphatic heterocycles. The van der Waals surface area contributed by atoms with E-state index in [9.17, 15) is 21.6 Å². The van der Waals surface area contributed by atoms with Gasteiger partial charge in [-0.25, -0.2) is 4.79 Å². The number of para-hydroxylation sites is 2. The topological polar surface area (TPSA) is 128 Å². The minimum Gasteiger partial charge on any atom is -0.382 e. The van der Waals surface area contributed by atoms with Gasteiger partial charge in [0, 0.05) is 11.8 Å². The molecule has 0 aliphatic rings. The van der Waals surface area contributed by atoms with Gasteiger partial charge in [-0.05, 0) is 37.1 Å². The highest BCUT2D eigenvalue weighted by molar-refractivity contribution is 7.87. The molecule has 0 unspecified atom stereocenters. The molecule has 0 spiro atoms. The van der Waals surface area contributed by atoms with Crippen LogP contribution in [-0.2, 0) is 20.2 Å². The van der Waals surface area contributed by atoms with Gasteiger partial charge in [0.05, 0.1) is 17.2 Å². The third-order valence-electron chi connectivity index (χ3n) is 4.66. The van der Waals surface area contributed by atoms with Crippen molar-refractivity contribution in [3.63, 3.8) is 0 Å². The first-order valence-corrected chi connectivity index (χ1v) is 14.4. The van der Waals surface area contributed by atoms with Gasteiger partial charge in [-0.3, -0.25) is 0 Å². The summed E-state index contributed by atoms with van der Waals surface area (Å²) in [4.78, 5) is 12.5. The van der Waals surface area contributed by atoms with Crippen LogP contribution in [0.5, 0.6) is 11.5 Å². The molecule has 188 valence electrons. The Bertz CT molecular complexity index is 1150. The Balaban J connectivity index is 2.02. The molecule has 0 atom stereocenters. The molecule has 0 heterocycles. The van der Waals surface area contributed by atoms with E-state index in [2.05, 4.69) is 10.6 Å². The third kappa shape index (κ3) is 10.0. The monoisotopic (exact) mass is 512 g/mol. The number of amides is 2. The number of anilines is 2. The van der Waals surface area contributed by atoms with E-state index < -0.39 is 26.3 Å². The Hall–Kier alpha value is -2.79. The summed E-state index contributed by atoms with van der Waals surface area (Å²) in [6.07, 6.45) is 4.33. The number of rotatable bonds is 14. The van der Waals surface area contributed by atoms with E-state index in [-0.39, 0.29) is 28.7 Å². The highest BCUT2D eigenvalue weighted by Crippen LogP contribution is 2.26. The van der Waals surface area contributed by atoms with Crippen molar-refractivity contribution in [2.24, 2.45) is 0 Å². The SMILES string of the molecule is CCCCCS(=O)(=O)Oc1cccc(NC(=O)Nc2ccccc2OS(=O)(=O)CCCCC)c1. The van der Waals surface area contributed by atoms with Gasteiger partial charge in [-0.15, -0.1) is 0 Å². The fourth-order valence-electron chi connectivity index (χ4n) is 2.98. The number of hydrogen-bond acceptors (Lipinski definition) is 7. The van der Waals surface area contributed by atoms with Crippen molar-refractivity contribution in [2.45, 2.75) is 52.4 Å². The number of hydrogen-bond donors (Lipinski definition) is 2. The van der Waals surface area contributed by atoms with E-state index in [1.165, 1.54) is 24.3 Å². The first kappa shape index (κ1) is 27.5. The van der Waals surface area contributed by atoms with Crippen LogP contribution >= 0.6 is 0 Å². The van der Waals surface area contributed by atoms with Gasteiger partial charge in [0.15, 0.2) is 5.75 Å². The number of unbranched alkanes of at least 4 members (excludes halogenated alkanes) is 4. The second kappa shape index (κ2) is 13.2. The van der Waals surface area contributed by atoms with Crippen LogP contribution in [0.1, 0.15) is 52.4 Å². The normalized spacial score (nSPS) is 11.6. The zero-order valence-electron chi connectivity index (χ0n) is 19.4. The quantitative estimate of drug-likeness (QED) is 0.265. The molecule has 2 rings (SSSR count). The molecule has 11 heteroatoms. The molecule has 2 aromatic rings. The zero-order chi connectivity index (χ0) is 25.0. The van der Waals surface area contributed by atoms with Gasteiger partial charge in [-0.2, -0.15) is 16.8 Å². The van der Waals surface area contributed by atoms with Crippen molar-refractivity contribution in [1.82, 2.24) is 0 Å². The fourth-order valence-corrected chi connectivity index (χ4v) is 5.08.